The van der Waals surface area contributed by atoms with Crippen molar-refractivity contribution in [3.05, 3.63) is 52.9 Å². The predicted molar refractivity (Wildman–Crippen MR) is 79.4 cm³/mol. The lowest BCUT2D eigenvalue weighted by Crippen LogP contribution is -1.89. The van der Waals surface area contributed by atoms with Crippen LogP contribution in [0.25, 0.3) is 11.3 Å². The highest BCUT2D eigenvalue weighted by Gasteiger charge is 2.14. The van der Waals surface area contributed by atoms with Crippen molar-refractivity contribution >= 4 is 22.9 Å². The molecule has 3 aromatic rings. The molecule has 0 bridgehead atoms. The number of halogens is 1. The fourth-order valence-electron chi connectivity index (χ4n) is 1.72. The maximum absolute atomic E-state index is 5.83. The third-order valence-corrected chi connectivity index (χ3v) is 3.61. The summed E-state index contributed by atoms with van der Waals surface area (Å²) in [6, 6.07) is 11.5. The number of rotatable bonds is 3. The number of nitrogens with zero attached hydrogens (tertiary/aromatic N) is 3. The van der Waals surface area contributed by atoms with Gasteiger partial charge in [0.2, 0.25) is 10.9 Å². The molecule has 0 aliphatic rings. The average Bonchev–Trinajstić information content (AvgIpc) is 2.80. The number of benzene rings is 1. The molecule has 2 aromatic heterocycles. The zero-order valence-electron chi connectivity index (χ0n) is 10.6. The van der Waals surface area contributed by atoms with Gasteiger partial charge in [0.15, 0.2) is 0 Å². The van der Waals surface area contributed by atoms with E-state index in [1.807, 2.05) is 37.3 Å². The molecule has 6 heteroatoms. The van der Waals surface area contributed by atoms with Gasteiger partial charge in [0.05, 0.1) is 5.01 Å². The van der Waals surface area contributed by atoms with Crippen LogP contribution in [0, 0.1) is 6.92 Å². The van der Waals surface area contributed by atoms with Gasteiger partial charge in [-0.1, -0.05) is 53.3 Å². The normalized spacial score (nSPS) is 10.5. The molecule has 0 saturated heterocycles. The summed E-state index contributed by atoms with van der Waals surface area (Å²) in [5.74, 6) is 0.408. The van der Waals surface area contributed by atoms with Gasteiger partial charge in [0.25, 0.3) is 0 Å². The summed E-state index contributed by atoms with van der Waals surface area (Å²) < 4.78 is 5.79. The van der Waals surface area contributed by atoms with E-state index < -0.39 is 0 Å². The Morgan fingerprint density at radius 2 is 1.95 bits per heavy atom. The fraction of sp³-hybridized carbons (Fsp3) is 0.0714. The predicted octanol–water partition coefficient (Wildman–Crippen LogP) is 4.35. The topological polar surface area (TPSA) is 47.9 Å². The van der Waals surface area contributed by atoms with Crippen molar-refractivity contribution in [2.75, 3.05) is 0 Å². The Morgan fingerprint density at radius 3 is 2.70 bits per heavy atom. The fourth-order valence-corrected chi connectivity index (χ4v) is 2.65. The molecule has 1 aromatic carbocycles. The molecule has 0 saturated carbocycles. The monoisotopic (exact) mass is 303 g/mol. The molecule has 0 aliphatic carbocycles. The molecule has 0 atom stereocenters. The van der Waals surface area contributed by atoms with Gasteiger partial charge in [-0.3, -0.25) is 0 Å². The van der Waals surface area contributed by atoms with Crippen LogP contribution in [-0.4, -0.2) is 15.0 Å². The number of hydrogen-bond donors (Lipinski definition) is 0. The van der Waals surface area contributed by atoms with E-state index in [0.29, 0.717) is 16.1 Å². The van der Waals surface area contributed by atoms with Gasteiger partial charge in [-0.2, -0.15) is 0 Å². The zero-order chi connectivity index (χ0) is 13.9. The van der Waals surface area contributed by atoms with Gasteiger partial charge in [-0.05, 0) is 6.92 Å². The van der Waals surface area contributed by atoms with Crippen LogP contribution >= 0.6 is 22.9 Å². The van der Waals surface area contributed by atoms with E-state index in [-0.39, 0.29) is 0 Å². The van der Waals surface area contributed by atoms with Gasteiger partial charge in [0, 0.05) is 11.6 Å². The van der Waals surface area contributed by atoms with E-state index in [4.69, 9.17) is 16.3 Å². The number of aromatic nitrogens is 3. The summed E-state index contributed by atoms with van der Waals surface area (Å²) in [4.78, 5) is 12.4. The van der Waals surface area contributed by atoms with Crippen LogP contribution in [0.3, 0.4) is 0 Å². The lowest BCUT2D eigenvalue weighted by atomic mass is 10.2. The SMILES string of the molecule is Cc1nc(-c2ccccc2)c(Oc2cc(Cl)ncn2)s1. The minimum absolute atomic E-state index is 0.345. The Labute approximate surface area is 125 Å². The highest BCUT2D eigenvalue weighted by Crippen LogP contribution is 2.37. The number of hydrogen-bond acceptors (Lipinski definition) is 5. The Balaban J connectivity index is 1.98. The molecule has 0 fully saturated rings. The maximum atomic E-state index is 5.83. The second-order valence-corrected chi connectivity index (χ2v) is 5.57. The van der Waals surface area contributed by atoms with Crippen LogP contribution in [0.1, 0.15) is 5.01 Å². The molecule has 3 rings (SSSR count). The van der Waals surface area contributed by atoms with Crippen LogP contribution in [0.15, 0.2) is 42.7 Å². The first-order valence-electron chi connectivity index (χ1n) is 5.90. The van der Waals surface area contributed by atoms with E-state index in [1.54, 1.807) is 6.07 Å². The molecular weight excluding hydrogens is 294 g/mol. The summed E-state index contributed by atoms with van der Waals surface area (Å²) in [5.41, 5.74) is 1.81. The molecule has 0 amide bonds. The molecule has 20 heavy (non-hydrogen) atoms. The highest BCUT2D eigenvalue weighted by atomic mass is 35.5. The van der Waals surface area contributed by atoms with Gasteiger partial charge < -0.3 is 4.74 Å². The third kappa shape index (κ3) is 2.79. The van der Waals surface area contributed by atoms with E-state index >= 15 is 0 Å². The van der Waals surface area contributed by atoms with Gasteiger partial charge in [-0.15, -0.1) is 0 Å². The summed E-state index contributed by atoms with van der Waals surface area (Å²) in [6.45, 7) is 1.94. The third-order valence-electron chi connectivity index (χ3n) is 2.56. The van der Waals surface area contributed by atoms with Crippen molar-refractivity contribution in [3.63, 3.8) is 0 Å². The second-order valence-electron chi connectivity index (χ2n) is 4.02. The first kappa shape index (κ1) is 13.0. The van der Waals surface area contributed by atoms with E-state index in [9.17, 15) is 0 Å². The molecule has 0 unspecified atom stereocenters. The van der Waals surface area contributed by atoms with E-state index in [0.717, 1.165) is 16.3 Å². The summed E-state index contributed by atoms with van der Waals surface area (Å²) in [5, 5.41) is 1.97. The summed E-state index contributed by atoms with van der Waals surface area (Å²) >= 11 is 7.30. The minimum atomic E-state index is 0.345. The first-order chi connectivity index (χ1) is 9.72. The van der Waals surface area contributed by atoms with Crippen molar-refractivity contribution in [1.82, 2.24) is 15.0 Å². The molecule has 0 N–H and O–H groups in total. The lowest BCUT2D eigenvalue weighted by Gasteiger charge is -2.04. The van der Waals surface area contributed by atoms with Crippen LogP contribution in [0.5, 0.6) is 10.9 Å². The van der Waals surface area contributed by atoms with Crippen molar-refractivity contribution in [2.45, 2.75) is 6.92 Å². The van der Waals surface area contributed by atoms with Crippen molar-refractivity contribution < 1.29 is 4.74 Å². The van der Waals surface area contributed by atoms with Crippen molar-refractivity contribution in [2.24, 2.45) is 0 Å². The number of ether oxygens (including phenoxy) is 1. The lowest BCUT2D eigenvalue weighted by molar-refractivity contribution is 0.475. The Kier molecular flexibility index (Phi) is 3.62. The highest BCUT2D eigenvalue weighted by molar-refractivity contribution is 7.13. The second kappa shape index (κ2) is 5.56. The standard InChI is InChI=1S/C14H10ClN3OS/c1-9-18-13(10-5-3-2-4-6-10)14(20-9)19-12-7-11(15)16-8-17-12/h2-8H,1H3. The van der Waals surface area contributed by atoms with Crippen LogP contribution < -0.4 is 4.74 Å². The average molecular weight is 304 g/mol. The van der Waals surface area contributed by atoms with Crippen molar-refractivity contribution in [1.29, 1.82) is 0 Å². The van der Waals surface area contributed by atoms with E-state index in [1.165, 1.54) is 17.7 Å². The first-order valence-corrected chi connectivity index (χ1v) is 7.10. The Bertz CT molecular complexity index is 730. The van der Waals surface area contributed by atoms with Crippen LogP contribution in [0.2, 0.25) is 5.15 Å². The molecule has 0 radical (unpaired) electrons. The molecule has 4 nitrogen and oxygen atoms in total. The van der Waals surface area contributed by atoms with Gasteiger partial charge >= 0.3 is 0 Å². The number of aryl methyl sites for hydroxylation is 1. The number of thiazole rings is 1. The quantitative estimate of drug-likeness (QED) is 0.675. The smallest absolute Gasteiger partial charge is 0.225 e. The Hall–Kier alpha value is -1.98. The molecular formula is C14H10ClN3OS. The molecule has 0 aliphatic heterocycles. The minimum Gasteiger partial charge on any atom is -0.426 e. The summed E-state index contributed by atoms with van der Waals surface area (Å²) in [7, 11) is 0. The molecule has 0 spiro atoms. The van der Waals surface area contributed by atoms with Gasteiger partial charge in [0.1, 0.15) is 17.2 Å². The Morgan fingerprint density at radius 1 is 1.15 bits per heavy atom. The van der Waals surface area contributed by atoms with Crippen molar-refractivity contribution in [3.8, 4) is 22.2 Å². The zero-order valence-corrected chi connectivity index (χ0v) is 12.1. The largest absolute Gasteiger partial charge is 0.426 e. The van der Waals surface area contributed by atoms with E-state index in [2.05, 4.69) is 15.0 Å². The van der Waals surface area contributed by atoms with Gasteiger partial charge in [-0.25, -0.2) is 15.0 Å². The maximum Gasteiger partial charge on any atom is 0.225 e. The summed E-state index contributed by atoms with van der Waals surface area (Å²) in [6.07, 6.45) is 1.37. The van der Waals surface area contributed by atoms with Crippen LogP contribution in [-0.2, 0) is 0 Å². The molecule has 100 valence electrons. The molecule has 2 heterocycles. The van der Waals surface area contributed by atoms with Crippen LogP contribution in [0.4, 0.5) is 0 Å².